The molecule has 1 aromatic rings. The monoisotopic (exact) mass is 227 g/mol. The Morgan fingerprint density at radius 2 is 1.93 bits per heavy atom. The molecule has 0 atom stereocenters. The van der Waals surface area contributed by atoms with Crippen LogP contribution in [-0.2, 0) is 13.0 Å². The summed E-state index contributed by atoms with van der Waals surface area (Å²) in [4.78, 5) is 0. The van der Waals surface area contributed by atoms with Gasteiger partial charge in [0, 0.05) is 13.0 Å². The van der Waals surface area contributed by atoms with Crippen LogP contribution >= 0.6 is 12.2 Å². The van der Waals surface area contributed by atoms with Gasteiger partial charge in [0.15, 0.2) is 4.77 Å². The fourth-order valence-electron chi connectivity index (χ4n) is 1.62. The molecule has 0 bridgehead atoms. The molecule has 0 aliphatic rings. The molecule has 1 N–H and O–H groups in total. The van der Waals surface area contributed by atoms with E-state index >= 15 is 0 Å². The number of aromatic nitrogens is 3. The van der Waals surface area contributed by atoms with Crippen LogP contribution in [0.1, 0.15) is 51.8 Å². The van der Waals surface area contributed by atoms with Gasteiger partial charge < -0.3 is 4.57 Å². The van der Waals surface area contributed by atoms with Crippen LogP contribution in [0, 0.1) is 4.77 Å². The maximum Gasteiger partial charge on any atom is 0.195 e. The number of hydrogen-bond acceptors (Lipinski definition) is 2. The molecule has 3 nitrogen and oxygen atoms in total. The zero-order valence-corrected chi connectivity index (χ0v) is 10.6. The van der Waals surface area contributed by atoms with Crippen molar-refractivity contribution in [3.63, 3.8) is 0 Å². The Hall–Kier alpha value is -0.640. The summed E-state index contributed by atoms with van der Waals surface area (Å²) in [6, 6.07) is 0. The highest BCUT2D eigenvalue weighted by Crippen LogP contribution is 2.06. The minimum atomic E-state index is 0.773. The molecule has 1 heterocycles. The lowest BCUT2D eigenvalue weighted by molar-refractivity contribution is 0.581. The first-order valence-corrected chi connectivity index (χ1v) is 6.34. The molecule has 1 aromatic heterocycles. The average Bonchev–Trinajstić information content (AvgIpc) is 2.58. The molecule has 0 amide bonds. The first-order chi connectivity index (χ1) is 7.29. The van der Waals surface area contributed by atoms with E-state index in [-0.39, 0.29) is 0 Å². The SMILES string of the molecule is CCCCCc1n[nH]c(=S)n1CCCC. The zero-order chi connectivity index (χ0) is 11.1. The standard InChI is InChI=1S/C11H21N3S/c1-3-5-7-8-10-12-13-11(15)14(10)9-6-4-2/h3-9H2,1-2H3,(H,13,15). The third-order valence-electron chi connectivity index (χ3n) is 2.58. The Labute approximate surface area is 96.9 Å². The van der Waals surface area contributed by atoms with Gasteiger partial charge in [-0.15, -0.1) is 0 Å². The maximum atomic E-state index is 5.21. The largest absolute Gasteiger partial charge is 0.304 e. The van der Waals surface area contributed by atoms with Crippen molar-refractivity contribution in [3.8, 4) is 0 Å². The minimum Gasteiger partial charge on any atom is -0.304 e. The summed E-state index contributed by atoms with van der Waals surface area (Å²) in [5.41, 5.74) is 0. The number of rotatable bonds is 7. The van der Waals surface area contributed by atoms with Gasteiger partial charge in [-0.1, -0.05) is 33.1 Å². The van der Waals surface area contributed by atoms with Crippen LogP contribution in [0.2, 0.25) is 0 Å². The van der Waals surface area contributed by atoms with Crippen molar-refractivity contribution in [2.24, 2.45) is 0 Å². The quantitative estimate of drug-likeness (QED) is 0.571. The van der Waals surface area contributed by atoms with Gasteiger partial charge in [-0.05, 0) is 25.1 Å². The van der Waals surface area contributed by atoms with Crippen LogP contribution in [0.4, 0.5) is 0 Å². The minimum absolute atomic E-state index is 0.773. The number of hydrogen-bond donors (Lipinski definition) is 1. The van der Waals surface area contributed by atoms with E-state index in [0.717, 1.165) is 23.6 Å². The lowest BCUT2D eigenvalue weighted by Crippen LogP contribution is -2.04. The lowest BCUT2D eigenvalue weighted by atomic mass is 10.2. The van der Waals surface area contributed by atoms with E-state index < -0.39 is 0 Å². The molecule has 0 saturated carbocycles. The van der Waals surface area contributed by atoms with E-state index in [1.165, 1.54) is 32.1 Å². The van der Waals surface area contributed by atoms with Gasteiger partial charge in [0.2, 0.25) is 0 Å². The highest BCUT2D eigenvalue weighted by molar-refractivity contribution is 7.71. The van der Waals surface area contributed by atoms with Crippen LogP contribution < -0.4 is 0 Å². The van der Waals surface area contributed by atoms with Gasteiger partial charge >= 0.3 is 0 Å². The molecule has 0 aliphatic carbocycles. The predicted molar refractivity (Wildman–Crippen MR) is 65.5 cm³/mol. The van der Waals surface area contributed by atoms with Gasteiger partial charge in [0.25, 0.3) is 0 Å². The van der Waals surface area contributed by atoms with Crippen molar-refractivity contribution in [1.29, 1.82) is 0 Å². The highest BCUT2D eigenvalue weighted by atomic mass is 32.1. The molecule has 0 radical (unpaired) electrons. The third kappa shape index (κ3) is 3.78. The van der Waals surface area contributed by atoms with E-state index in [1.807, 2.05) is 0 Å². The Bertz CT molecular complexity index is 327. The van der Waals surface area contributed by atoms with Crippen molar-refractivity contribution in [1.82, 2.24) is 14.8 Å². The average molecular weight is 227 g/mol. The van der Waals surface area contributed by atoms with Crippen LogP contribution in [0.25, 0.3) is 0 Å². The number of aryl methyl sites for hydroxylation is 1. The molecule has 0 unspecified atom stereocenters. The molecule has 1 rings (SSSR count). The second-order valence-corrected chi connectivity index (χ2v) is 4.29. The fourth-order valence-corrected chi connectivity index (χ4v) is 1.86. The van der Waals surface area contributed by atoms with Crippen molar-refractivity contribution in [2.45, 2.75) is 58.9 Å². The summed E-state index contributed by atoms with van der Waals surface area (Å²) in [5, 5.41) is 7.18. The summed E-state index contributed by atoms with van der Waals surface area (Å²) in [6.45, 7) is 5.42. The van der Waals surface area contributed by atoms with Gasteiger partial charge in [0.05, 0.1) is 0 Å². The van der Waals surface area contributed by atoms with E-state index in [2.05, 4.69) is 28.6 Å². The van der Waals surface area contributed by atoms with Crippen LogP contribution in [-0.4, -0.2) is 14.8 Å². The smallest absolute Gasteiger partial charge is 0.195 e. The van der Waals surface area contributed by atoms with Crippen molar-refractivity contribution < 1.29 is 0 Å². The van der Waals surface area contributed by atoms with Crippen LogP contribution in [0.3, 0.4) is 0 Å². The Morgan fingerprint density at radius 1 is 1.20 bits per heavy atom. The molecule has 0 aromatic carbocycles. The van der Waals surface area contributed by atoms with E-state index in [4.69, 9.17) is 12.2 Å². The topological polar surface area (TPSA) is 33.6 Å². The summed E-state index contributed by atoms with van der Waals surface area (Å²) < 4.78 is 2.92. The first kappa shape index (κ1) is 12.4. The van der Waals surface area contributed by atoms with Crippen molar-refractivity contribution in [2.75, 3.05) is 0 Å². The summed E-state index contributed by atoms with van der Waals surface area (Å²) in [5.74, 6) is 1.13. The van der Waals surface area contributed by atoms with E-state index in [9.17, 15) is 0 Å². The fraction of sp³-hybridized carbons (Fsp3) is 0.818. The summed E-state index contributed by atoms with van der Waals surface area (Å²) in [6.07, 6.45) is 7.15. The Morgan fingerprint density at radius 3 is 2.60 bits per heavy atom. The second kappa shape index (κ2) is 6.77. The molecule has 0 spiro atoms. The zero-order valence-electron chi connectivity index (χ0n) is 9.75. The van der Waals surface area contributed by atoms with Crippen LogP contribution in [0.5, 0.6) is 0 Å². The predicted octanol–water partition coefficient (Wildman–Crippen LogP) is 3.47. The molecule has 0 aliphatic heterocycles. The molecule has 0 saturated heterocycles. The van der Waals surface area contributed by atoms with Crippen LogP contribution in [0.15, 0.2) is 0 Å². The van der Waals surface area contributed by atoms with Crippen molar-refractivity contribution >= 4 is 12.2 Å². The number of nitrogens with one attached hydrogen (secondary N) is 1. The van der Waals surface area contributed by atoms with E-state index in [1.54, 1.807) is 0 Å². The highest BCUT2D eigenvalue weighted by Gasteiger charge is 2.04. The second-order valence-electron chi connectivity index (χ2n) is 3.91. The Balaban J connectivity index is 2.58. The summed E-state index contributed by atoms with van der Waals surface area (Å²) in [7, 11) is 0. The molecule has 4 heteroatoms. The van der Waals surface area contributed by atoms with Gasteiger partial charge in [-0.25, -0.2) is 0 Å². The number of unbranched alkanes of at least 4 members (excludes halogenated alkanes) is 3. The van der Waals surface area contributed by atoms with Gasteiger partial charge in [-0.2, -0.15) is 5.10 Å². The number of nitrogens with zero attached hydrogens (tertiary/aromatic N) is 2. The van der Waals surface area contributed by atoms with Gasteiger partial charge in [-0.3, -0.25) is 5.10 Å². The first-order valence-electron chi connectivity index (χ1n) is 5.93. The third-order valence-corrected chi connectivity index (χ3v) is 2.89. The lowest BCUT2D eigenvalue weighted by Gasteiger charge is -2.05. The van der Waals surface area contributed by atoms with Gasteiger partial charge in [0.1, 0.15) is 5.82 Å². The molecular weight excluding hydrogens is 206 g/mol. The maximum absolute atomic E-state index is 5.21. The van der Waals surface area contributed by atoms with E-state index in [0.29, 0.717) is 0 Å². The number of aromatic amines is 1. The molecule has 86 valence electrons. The molecule has 0 fully saturated rings. The molecule has 15 heavy (non-hydrogen) atoms. The molecular formula is C11H21N3S. The van der Waals surface area contributed by atoms with Crippen molar-refractivity contribution in [3.05, 3.63) is 10.6 Å². The Kier molecular flexibility index (Phi) is 5.61. The number of H-pyrrole nitrogens is 1. The summed E-state index contributed by atoms with van der Waals surface area (Å²) >= 11 is 5.21. The normalized spacial score (nSPS) is 10.8.